The SMILES string of the molecule is CCC(C)N1CCN(C(=O)Nc2ccc(C(F)(F)F)cc2)CC1. The predicted octanol–water partition coefficient (Wildman–Crippen LogP) is 3.65. The average Bonchev–Trinajstić information content (AvgIpc) is 2.54. The number of nitrogens with zero attached hydrogens (tertiary/aromatic N) is 2. The zero-order chi connectivity index (χ0) is 17.0. The van der Waals surface area contributed by atoms with Gasteiger partial charge in [0.05, 0.1) is 5.56 Å². The third kappa shape index (κ3) is 4.60. The molecule has 0 bridgehead atoms. The number of carbonyl (C=O) groups excluding carboxylic acids is 1. The number of nitrogens with one attached hydrogen (secondary N) is 1. The van der Waals surface area contributed by atoms with Crippen molar-refractivity contribution in [3.8, 4) is 0 Å². The van der Waals surface area contributed by atoms with E-state index < -0.39 is 11.7 Å². The Balaban J connectivity index is 1.88. The van der Waals surface area contributed by atoms with Gasteiger partial charge >= 0.3 is 12.2 Å². The Bertz CT molecular complexity index is 522. The van der Waals surface area contributed by atoms with Crippen LogP contribution in [0.2, 0.25) is 0 Å². The molecule has 0 aromatic heterocycles. The molecule has 23 heavy (non-hydrogen) atoms. The third-order valence-corrected chi connectivity index (χ3v) is 4.28. The molecular weight excluding hydrogens is 307 g/mol. The van der Waals surface area contributed by atoms with E-state index in [1.54, 1.807) is 4.90 Å². The zero-order valence-corrected chi connectivity index (χ0v) is 13.4. The van der Waals surface area contributed by atoms with Crippen LogP contribution in [0.3, 0.4) is 0 Å². The summed E-state index contributed by atoms with van der Waals surface area (Å²) in [6, 6.07) is 4.71. The van der Waals surface area contributed by atoms with E-state index in [-0.39, 0.29) is 6.03 Å². The smallest absolute Gasteiger partial charge is 0.322 e. The summed E-state index contributed by atoms with van der Waals surface area (Å²) in [5, 5.41) is 2.65. The van der Waals surface area contributed by atoms with Crippen LogP contribution in [0.4, 0.5) is 23.7 Å². The normalized spacial score (nSPS) is 17.9. The van der Waals surface area contributed by atoms with E-state index in [1.807, 2.05) is 0 Å². The summed E-state index contributed by atoms with van der Waals surface area (Å²) < 4.78 is 37.5. The third-order valence-electron chi connectivity index (χ3n) is 4.28. The van der Waals surface area contributed by atoms with Crippen molar-refractivity contribution in [2.45, 2.75) is 32.5 Å². The number of rotatable bonds is 3. The molecule has 7 heteroatoms. The lowest BCUT2D eigenvalue weighted by Gasteiger charge is -2.37. The van der Waals surface area contributed by atoms with Crippen LogP contribution in [0, 0.1) is 0 Å². The van der Waals surface area contributed by atoms with Crippen LogP contribution in [0.15, 0.2) is 24.3 Å². The highest BCUT2D eigenvalue weighted by molar-refractivity contribution is 5.89. The van der Waals surface area contributed by atoms with Crippen LogP contribution in [-0.4, -0.2) is 48.1 Å². The van der Waals surface area contributed by atoms with Crippen molar-refractivity contribution in [1.29, 1.82) is 0 Å². The number of hydrogen-bond donors (Lipinski definition) is 1. The van der Waals surface area contributed by atoms with Gasteiger partial charge in [0.1, 0.15) is 0 Å². The lowest BCUT2D eigenvalue weighted by Crippen LogP contribution is -2.52. The first-order valence-corrected chi connectivity index (χ1v) is 7.78. The van der Waals surface area contributed by atoms with Gasteiger partial charge in [-0.05, 0) is 37.6 Å². The highest BCUT2D eigenvalue weighted by Crippen LogP contribution is 2.29. The van der Waals surface area contributed by atoms with Crippen molar-refractivity contribution in [3.63, 3.8) is 0 Å². The van der Waals surface area contributed by atoms with E-state index in [0.717, 1.165) is 31.6 Å². The van der Waals surface area contributed by atoms with Gasteiger partial charge in [-0.15, -0.1) is 0 Å². The first kappa shape index (κ1) is 17.6. The minimum absolute atomic E-state index is 0.270. The molecule has 2 rings (SSSR count). The maximum Gasteiger partial charge on any atom is 0.416 e. The molecule has 1 atom stereocenters. The lowest BCUT2D eigenvalue weighted by molar-refractivity contribution is -0.137. The number of alkyl halides is 3. The van der Waals surface area contributed by atoms with Gasteiger partial charge in [-0.2, -0.15) is 13.2 Å². The van der Waals surface area contributed by atoms with E-state index in [9.17, 15) is 18.0 Å². The molecule has 1 fully saturated rings. The van der Waals surface area contributed by atoms with E-state index in [4.69, 9.17) is 0 Å². The standard InChI is InChI=1S/C16H22F3N3O/c1-3-12(2)21-8-10-22(11-9-21)15(23)20-14-6-4-13(5-7-14)16(17,18)19/h4-7,12H,3,8-11H2,1-2H3,(H,20,23). The molecule has 4 nitrogen and oxygen atoms in total. The minimum atomic E-state index is -4.37. The van der Waals surface area contributed by atoms with E-state index in [1.165, 1.54) is 12.1 Å². The number of urea groups is 1. The van der Waals surface area contributed by atoms with Crippen molar-refractivity contribution in [2.24, 2.45) is 0 Å². The summed E-state index contributed by atoms with van der Waals surface area (Å²) in [6.45, 7) is 7.17. The van der Waals surface area contributed by atoms with Crippen molar-refractivity contribution < 1.29 is 18.0 Å². The fourth-order valence-electron chi connectivity index (χ4n) is 2.57. The highest BCUT2D eigenvalue weighted by Gasteiger charge is 2.30. The number of piperazine rings is 1. The summed E-state index contributed by atoms with van der Waals surface area (Å²) in [6.07, 6.45) is -3.30. The lowest BCUT2D eigenvalue weighted by atomic mass is 10.2. The van der Waals surface area contributed by atoms with Crippen LogP contribution >= 0.6 is 0 Å². The molecule has 1 aliphatic heterocycles. The van der Waals surface area contributed by atoms with Gasteiger partial charge in [0, 0.05) is 37.9 Å². The van der Waals surface area contributed by atoms with E-state index in [0.29, 0.717) is 24.8 Å². The second kappa shape index (κ2) is 7.21. The van der Waals surface area contributed by atoms with Crippen LogP contribution in [0.5, 0.6) is 0 Å². The average molecular weight is 329 g/mol. The molecule has 2 amide bonds. The number of anilines is 1. The van der Waals surface area contributed by atoms with Gasteiger partial charge in [0.2, 0.25) is 0 Å². The summed E-state index contributed by atoms with van der Waals surface area (Å²) in [4.78, 5) is 16.2. The van der Waals surface area contributed by atoms with Gasteiger partial charge in [-0.3, -0.25) is 4.90 Å². The Kier molecular flexibility index (Phi) is 5.51. The van der Waals surface area contributed by atoms with Crippen LogP contribution in [-0.2, 0) is 6.18 Å². The summed E-state index contributed by atoms with van der Waals surface area (Å²) in [5.41, 5.74) is -0.356. The fraction of sp³-hybridized carbons (Fsp3) is 0.562. The van der Waals surface area contributed by atoms with E-state index >= 15 is 0 Å². The molecule has 1 aliphatic rings. The zero-order valence-electron chi connectivity index (χ0n) is 13.4. The Morgan fingerprint density at radius 3 is 2.22 bits per heavy atom. The van der Waals surface area contributed by atoms with Crippen LogP contribution < -0.4 is 5.32 Å². The number of hydrogen-bond acceptors (Lipinski definition) is 2. The molecule has 0 spiro atoms. The van der Waals surface area contributed by atoms with Crippen molar-refractivity contribution in [3.05, 3.63) is 29.8 Å². The highest BCUT2D eigenvalue weighted by atomic mass is 19.4. The molecule has 0 radical (unpaired) electrons. The quantitative estimate of drug-likeness (QED) is 0.919. The Morgan fingerprint density at radius 2 is 1.74 bits per heavy atom. The van der Waals surface area contributed by atoms with Crippen molar-refractivity contribution >= 4 is 11.7 Å². The van der Waals surface area contributed by atoms with Crippen LogP contribution in [0.1, 0.15) is 25.8 Å². The van der Waals surface area contributed by atoms with Crippen LogP contribution in [0.25, 0.3) is 0 Å². The topological polar surface area (TPSA) is 35.6 Å². The fourth-order valence-corrected chi connectivity index (χ4v) is 2.57. The molecular formula is C16H22F3N3O. The second-order valence-electron chi connectivity index (χ2n) is 5.79. The summed E-state index contributed by atoms with van der Waals surface area (Å²) >= 11 is 0. The van der Waals surface area contributed by atoms with Gasteiger partial charge in [0.15, 0.2) is 0 Å². The van der Waals surface area contributed by atoms with Crippen molar-refractivity contribution in [2.75, 3.05) is 31.5 Å². The Labute approximate surface area is 134 Å². The second-order valence-corrected chi connectivity index (χ2v) is 5.79. The van der Waals surface area contributed by atoms with E-state index in [2.05, 4.69) is 24.1 Å². The monoisotopic (exact) mass is 329 g/mol. The predicted molar refractivity (Wildman–Crippen MR) is 83.4 cm³/mol. The van der Waals surface area contributed by atoms with Gasteiger partial charge < -0.3 is 10.2 Å². The Morgan fingerprint density at radius 1 is 1.17 bits per heavy atom. The molecule has 1 N–H and O–H groups in total. The molecule has 1 unspecified atom stereocenters. The first-order chi connectivity index (χ1) is 10.8. The molecule has 1 aromatic rings. The number of halogens is 3. The molecule has 128 valence electrons. The summed E-state index contributed by atoms with van der Waals surface area (Å²) in [7, 11) is 0. The molecule has 1 heterocycles. The number of amides is 2. The Hall–Kier alpha value is -1.76. The van der Waals surface area contributed by atoms with Gasteiger partial charge in [-0.1, -0.05) is 6.92 Å². The van der Waals surface area contributed by atoms with Gasteiger partial charge in [-0.25, -0.2) is 4.79 Å². The number of carbonyl (C=O) groups is 1. The molecule has 1 saturated heterocycles. The minimum Gasteiger partial charge on any atom is -0.322 e. The molecule has 1 aromatic carbocycles. The summed E-state index contributed by atoms with van der Waals surface area (Å²) in [5.74, 6) is 0. The molecule has 0 aliphatic carbocycles. The maximum atomic E-state index is 12.5. The number of benzene rings is 1. The first-order valence-electron chi connectivity index (χ1n) is 7.78. The van der Waals surface area contributed by atoms with Gasteiger partial charge in [0.25, 0.3) is 0 Å². The largest absolute Gasteiger partial charge is 0.416 e. The maximum absolute atomic E-state index is 12.5. The molecule has 0 saturated carbocycles. The van der Waals surface area contributed by atoms with Crippen molar-refractivity contribution in [1.82, 2.24) is 9.80 Å².